The highest BCUT2D eigenvalue weighted by Crippen LogP contribution is 2.33. The third kappa shape index (κ3) is 3.19. The van der Waals surface area contributed by atoms with Crippen molar-refractivity contribution in [2.24, 2.45) is 7.05 Å². The molecule has 0 fully saturated rings. The highest BCUT2D eigenvalue weighted by molar-refractivity contribution is 6.42. The van der Waals surface area contributed by atoms with Crippen LogP contribution in [0.15, 0.2) is 103 Å². The zero-order valence-corrected chi connectivity index (χ0v) is 19.9. The molecule has 4 aromatic carbocycles. The van der Waals surface area contributed by atoms with Crippen LogP contribution in [0.1, 0.15) is 26.5 Å². The molecule has 0 radical (unpaired) electrons. The first kappa shape index (κ1) is 21.2. The number of ketones is 2. The van der Waals surface area contributed by atoms with Crippen LogP contribution in [0.5, 0.6) is 0 Å². The fourth-order valence-corrected chi connectivity index (χ4v) is 5.06. The maximum Gasteiger partial charge on any atom is 0.197 e. The van der Waals surface area contributed by atoms with Gasteiger partial charge in [0.15, 0.2) is 22.9 Å². The number of hydrogen-bond donors (Lipinski definition) is 0. The second kappa shape index (κ2) is 7.96. The topological polar surface area (TPSA) is 69.8 Å². The molecule has 176 valence electrons. The minimum absolute atomic E-state index is 0.112. The smallest absolute Gasteiger partial charge is 0.197 e. The normalized spacial score (nSPS) is 13.1. The van der Waals surface area contributed by atoms with Crippen LogP contribution in [0.4, 0.5) is 0 Å². The first-order chi connectivity index (χ1) is 18.1. The number of aryl methyl sites for hydroxylation is 1. The van der Waals surface area contributed by atoms with E-state index in [9.17, 15) is 9.59 Å². The molecular formula is C31H20N4O2. The summed E-state index contributed by atoms with van der Waals surface area (Å²) in [6.07, 6.45) is 1.60. The molecule has 0 saturated heterocycles. The van der Waals surface area contributed by atoms with Gasteiger partial charge in [-0.1, -0.05) is 72.8 Å². The van der Waals surface area contributed by atoms with E-state index in [2.05, 4.69) is 0 Å². The van der Waals surface area contributed by atoms with Crippen LogP contribution >= 0.6 is 0 Å². The quantitative estimate of drug-likeness (QED) is 0.229. The molecule has 6 nitrogen and oxygen atoms in total. The van der Waals surface area contributed by atoms with Gasteiger partial charge in [-0.05, 0) is 41.1 Å². The molecule has 0 aliphatic heterocycles. The van der Waals surface area contributed by atoms with Crippen LogP contribution < -0.4 is 0 Å². The van der Waals surface area contributed by atoms with Gasteiger partial charge in [0.2, 0.25) is 0 Å². The highest BCUT2D eigenvalue weighted by atomic mass is 16.2. The predicted molar refractivity (Wildman–Crippen MR) is 144 cm³/mol. The molecule has 7 rings (SSSR count). The van der Waals surface area contributed by atoms with Gasteiger partial charge < -0.3 is 4.57 Å². The molecule has 0 saturated carbocycles. The summed E-state index contributed by atoms with van der Waals surface area (Å²) in [5, 5.41) is 1.86. The third-order valence-electron chi connectivity index (χ3n) is 6.89. The zero-order chi connectivity index (χ0) is 25.1. The highest BCUT2D eigenvalue weighted by Gasteiger charge is 2.34. The molecule has 1 aliphatic rings. The molecule has 0 unspecified atom stereocenters. The van der Waals surface area contributed by atoms with E-state index in [1.54, 1.807) is 18.2 Å². The number of carbonyl (C=O) groups is 2. The largest absolute Gasteiger partial charge is 0.310 e. The number of rotatable bonds is 3. The first-order valence-corrected chi connectivity index (χ1v) is 12.0. The molecule has 6 heteroatoms. The van der Waals surface area contributed by atoms with Crippen molar-refractivity contribution in [3.8, 4) is 17.1 Å². The number of aromatic nitrogens is 4. The summed E-state index contributed by atoms with van der Waals surface area (Å²) in [4.78, 5) is 36.6. The monoisotopic (exact) mass is 480 g/mol. The van der Waals surface area contributed by atoms with Gasteiger partial charge in [0.25, 0.3) is 0 Å². The van der Waals surface area contributed by atoms with Gasteiger partial charge in [-0.15, -0.1) is 0 Å². The lowest BCUT2D eigenvalue weighted by Gasteiger charge is -2.06. The van der Waals surface area contributed by atoms with E-state index in [0.29, 0.717) is 28.2 Å². The van der Waals surface area contributed by atoms with E-state index in [1.165, 1.54) is 0 Å². The van der Waals surface area contributed by atoms with Gasteiger partial charge >= 0.3 is 0 Å². The summed E-state index contributed by atoms with van der Waals surface area (Å²) in [6.45, 7) is 0. The van der Waals surface area contributed by atoms with E-state index in [4.69, 9.17) is 9.97 Å². The Labute approximate surface area is 212 Å². The summed E-state index contributed by atoms with van der Waals surface area (Å²) in [5.74, 6) is 0.702. The van der Waals surface area contributed by atoms with E-state index >= 15 is 0 Å². The number of Topliss-reactive ketones (excluding diaryl/α,β-unsaturated/α-hetero) is 2. The molecule has 2 aromatic heterocycles. The van der Waals surface area contributed by atoms with Crippen LogP contribution in [0.2, 0.25) is 0 Å². The predicted octanol–water partition coefficient (Wildman–Crippen LogP) is 6.04. The van der Waals surface area contributed by atoms with Crippen molar-refractivity contribution in [1.29, 1.82) is 0 Å². The van der Waals surface area contributed by atoms with E-state index in [-0.39, 0.29) is 17.1 Å². The van der Waals surface area contributed by atoms with Crippen molar-refractivity contribution >= 4 is 39.7 Å². The average molecular weight is 481 g/mol. The van der Waals surface area contributed by atoms with Crippen molar-refractivity contribution in [2.45, 2.75) is 0 Å². The van der Waals surface area contributed by atoms with Crippen LogP contribution in [0.25, 0.3) is 45.2 Å². The van der Waals surface area contributed by atoms with Crippen molar-refractivity contribution < 1.29 is 9.59 Å². The maximum atomic E-state index is 13.4. The fraction of sp³-hybridized carbons (Fsp3) is 0.0323. The van der Waals surface area contributed by atoms with Crippen molar-refractivity contribution in [3.63, 3.8) is 0 Å². The Morgan fingerprint density at radius 1 is 0.676 bits per heavy atom. The minimum Gasteiger partial charge on any atom is -0.310 e. The lowest BCUT2D eigenvalue weighted by molar-refractivity contribution is 0.0990. The minimum atomic E-state index is -0.282. The molecule has 0 amide bonds. The van der Waals surface area contributed by atoms with E-state index in [0.717, 1.165) is 27.8 Å². The van der Waals surface area contributed by atoms with Crippen LogP contribution in [-0.4, -0.2) is 30.7 Å². The van der Waals surface area contributed by atoms with E-state index in [1.807, 2.05) is 101 Å². The Hall–Kier alpha value is -5.10. The van der Waals surface area contributed by atoms with Gasteiger partial charge in [-0.25, -0.2) is 9.97 Å². The number of imidazole rings is 2. The summed E-state index contributed by atoms with van der Waals surface area (Å²) < 4.78 is 3.83. The maximum absolute atomic E-state index is 13.4. The number of carbonyl (C=O) groups excluding carboxylic acids is 2. The number of allylic oxidation sites excluding steroid dienone is 1. The number of para-hydroxylation sites is 1. The van der Waals surface area contributed by atoms with Crippen molar-refractivity contribution in [3.05, 3.63) is 120 Å². The molecule has 1 aliphatic carbocycles. The van der Waals surface area contributed by atoms with Crippen LogP contribution in [-0.2, 0) is 7.05 Å². The SMILES string of the molecule is Cn1c(-c2ccccc2)nc2c1nc(C=C1C(=O)c3cc4ccccc4cc3C1=O)n2-c1ccccc1. The molecule has 37 heavy (non-hydrogen) atoms. The van der Waals surface area contributed by atoms with Crippen LogP contribution in [0, 0.1) is 0 Å². The third-order valence-corrected chi connectivity index (χ3v) is 6.89. The Balaban J connectivity index is 1.43. The number of benzene rings is 4. The second-order valence-corrected chi connectivity index (χ2v) is 9.11. The number of hydrogen-bond acceptors (Lipinski definition) is 4. The molecule has 0 bridgehead atoms. The molecule has 0 N–H and O–H groups in total. The van der Waals surface area contributed by atoms with Crippen molar-refractivity contribution in [1.82, 2.24) is 19.1 Å². The van der Waals surface area contributed by atoms with Gasteiger partial charge in [0.1, 0.15) is 11.6 Å². The lowest BCUT2D eigenvalue weighted by atomic mass is 10.0. The Bertz CT molecular complexity index is 1860. The fourth-order valence-electron chi connectivity index (χ4n) is 5.06. The molecule has 6 aromatic rings. The van der Waals surface area contributed by atoms with Crippen molar-refractivity contribution in [2.75, 3.05) is 0 Å². The van der Waals surface area contributed by atoms with Gasteiger partial charge in [0, 0.05) is 29.4 Å². The van der Waals surface area contributed by atoms with Crippen LogP contribution in [0.3, 0.4) is 0 Å². The van der Waals surface area contributed by atoms with Gasteiger partial charge in [0.05, 0.1) is 5.57 Å². The number of nitrogens with zero attached hydrogens (tertiary/aromatic N) is 4. The molecule has 0 atom stereocenters. The summed E-state index contributed by atoms with van der Waals surface area (Å²) in [6, 6.07) is 31.0. The molecule has 0 spiro atoms. The first-order valence-electron chi connectivity index (χ1n) is 12.0. The Kier molecular flexibility index (Phi) is 4.56. The molecule has 2 heterocycles. The zero-order valence-electron chi connectivity index (χ0n) is 19.9. The number of fused-ring (bicyclic) bond motifs is 3. The molecular weight excluding hydrogens is 460 g/mol. The summed E-state index contributed by atoms with van der Waals surface area (Å²) in [5.41, 5.74) is 4.11. The van der Waals surface area contributed by atoms with Gasteiger partial charge in [-0.3, -0.25) is 14.2 Å². The van der Waals surface area contributed by atoms with Gasteiger partial charge in [-0.2, -0.15) is 0 Å². The summed E-state index contributed by atoms with van der Waals surface area (Å²) >= 11 is 0. The Morgan fingerprint density at radius 3 is 1.86 bits per heavy atom. The standard InChI is InChI=1S/C31H20N4O2/c1-34-29(19-10-4-2-5-11-19)33-31-30(34)32-26(35(31)22-14-6-3-7-15-22)18-25-27(36)23-16-20-12-8-9-13-21(20)17-24(23)28(25)37/h2-18H,1H3. The lowest BCUT2D eigenvalue weighted by Crippen LogP contribution is -2.04. The summed E-state index contributed by atoms with van der Waals surface area (Å²) in [7, 11) is 1.92. The second-order valence-electron chi connectivity index (χ2n) is 9.11. The Morgan fingerprint density at radius 2 is 1.24 bits per heavy atom. The van der Waals surface area contributed by atoms with E-state index < -0.39 is 0 Å². The average Bonchev–Trinajstić information content (AvgIpc) is 3.53.